The molecule has 3 nitrogen and oxygen atoms in total. The van der Waals surface area contributed by atoms with Crippen molar-refractivity contribution in [2.75, 3.05) is 0 Å². The Kier molecular flexibility index (Phi) is 5.00. The van der Waals surface area contributed by atoms with Crippen LogP contribution in [-0.2, 0) is 0 Å². The maximum Gasteiger partial charge on any atom is 0.170 e. The van der Waals surface area contributed by atoms with Crippen molar-refractivity contribution in [3.8, 4) is 0 Å². The molecule has 0 saturated heterocycles. The van der Waals surface area contributed by atoms with Crippen molar-refractivity contribution in [2.45, 2.75) is 29.0 Å². The van der Waals surface area contributed by atoms with Crippen LogP contribution >= 0.6 is 34.9 Å². The van der Waals surface area contributed by atoms with Crippen LogP contribution in [0.25, 0.3) is 0 Å². The smallest absolute Gasteiger partial charge is 0.170 e. The van der Waals surface area contributed by atoms with E-state index in [1.165, 1.54) is 11.5 Å². The van der Waals surface area contributed by atoms with Crippen LogP contribution in [0.5, 0.6) is 0 Å². The van der Waals surface area contributed by atoms with E-state index in [2.05, 4.69) is 22.3 Å². The molecule has 0 fully saturated rings. The number of hydrogen-bond acceptors (Lipinski definition) is 5. The Hall–Kier alpha value is -0.620. The van der Waals surface area contributed by atoms with E-state index >= 15 is 0 Å². The molecule has 1 heterocycles. The Labute approximate surface area is 120 Å². The molecule has 1 aromatic heterocycles. The molecule has 2 aromatic rings. The first-order chi connectivity index (χ1) is 8.70. The van der Waals surface area contributed by atoms with Gasteiger partial charge in [0.1, 0.15) is 6.33 Å². The predicted molar refractivity (Wildman–Crippen MR) is 78.2 cm³/mol. The van der Waals surface area contributed by atoms with Gasteiger partial charge in [-0.1, -0.05) is 42.4 Å². The number of hydrogen-bond donors (Lipinski definition) is 1. The van der Waals surface area contributed by atoms with Crippen molar-refractivity contribution in [1.29, 1.82) is 0 Å². The lowest BCUT2D eigenvalue weighted by molar-refractivity contribution is 0.634. The molecule has 0 aliphatic heterocycles. The summed E-state index contributed by atoms with van der Waals surface area (Å²) < 4.78 is 4.95. The Bertz CT molecular complexity index is 490. The number of aromatic nitrogens is 2. The lowest BCUT2D eigenvalue weighted by Gasteiger charge is -2.21. The Balaban J connectivity index is 2.25. The Morgan fingerprint density at radius 1 is 1.50 bits per heavy atom. The zero-order chi connectivity index (χ0) is 13.0. The summed E-state index contributed by atoms with van der Waals surface area (Å²) >= 11 is 9.09. The van der Waals surface area contributed by atoms with Crippen molar-refractivity contribution < 1.29 is 0 Å². The molecule has 0 spiro atoms. The first-order valence-corrected chi connectivity index (χ1v) is 7.68. The van der Waals surface area contributed by atoms with Crippen molar-refractivity contribution >= 4 is 34.9 Å². The molecule has 2 atom stereocenters. The largest absolute Gasteiger partial charge is 0.326 e. The quantitative estimate of drug-likeness (QED) is 0.854. The van der Waals surface area contributed by atoms with Crippen LogP contribution < -0.4 is 5.73 Å². The number of thioether (sulfide) groups is 1. The van der Waals surface area contributed by atoms with Crippen LogP contribution in [0.2, 0.25) is 5.02 Å². The van der Waals surface area contributed by atoms with Crippen molar-refractivity contribution in [1.82, 2.24) is 9.36 Å². The van der Waals surface area contributed by atoms with Gasteiger partial charge in [0, 0.05) is 11.1 Å². The Morgan fingerprint density at radius 3 is 2.94 bits per heavy atom. The highest BCUT2D eigenvalue weighted by atomic mass is 35.5. The van der Waals surface area contributed by atoms with Crippen LogP contribution in [0.15, 0.2) is 34.9 Å². The van der Waals surface area contributed by atoms with Gasteiger partial charge in [-0.3, -0.25) is 0 Å². The number of halogens is 1. The predicted octanol–water partition coefficient (Wildman–Crippen LogP) is 3.76. The summed E-state index contributed by atoms with van der Waals surface area (Å²) in [7, 11) is 0. The molecule has 0 bridgehead atoms. The fourth-order valence-corrected chi connectivity index (χ4v) is 3.69. The normalized spacial score (nSPS) is 14.4. The average Bonchev–Trinajstić information content (AvgIpc) is 2.88. The van der Waals surface area contributed by atoms with Crippen LogP contribution in [-0.4, -0.2) is 15.4 Å². The number of nitrogens with zero attached hydrogens (tertiary/aromatic N) is 2. The minimum absolute atomic E-state index is 0.0670. The number of rotatable bonds is 5. The molecule has 0 amide bonds. The highest BCUT2D eigenvalue weighted by Gasteiger charge is 2.21. The molecule has 2 rings (SSSR count). The Morgan fingerprint density at radius 2 is 2.33 bits per heavy atom. The second-order valence-electron chi connectivity index (χ2n) is 3.87. The highest BCUT2D eigenvalue weighted by Crippen LogP contribution is 2.38. The second kappa shape index (κ2) is 6.52. The maximum atomic E-state index is 6.21. The van der Waals surface area contributed by atoms with Gasteiger partial charge in [0.2, 0.25) is 0 Å². The third-order valence-electron chi connectivity index (χ3n) is 2.61. The third kappa shape index (κ3) is 3.45. The van der Waals surface area contributed by atoms with Crippen LogP contribution in [0.1, 0.15) is 24.2 Å². The molecule has 0 aliphatic carbocycles. The molecule has 0 aliphatic rings. The first kappa shape index (κ1) is 13.8. The zero-order valence-corrected chi connectivity index (χ0v) is 12.3. The van der Waals surface area contributed by atoms with Crippen molar-refractivity contribution in [3.05, 3.63) is 41.2 Å². The van der Waals surface area contributed by atoms with Gasteiger partial charge in [0.15, 0.2) is 4.34 Å². The van der Waals surface area contributed by atoms with Gasteiger partial charge in [-0.15, -0.1) is 0 Å². The number of nitrogens with two attached hydrogens (primary N) is 1. The second-order valence-corrected chi connectivity index (χ2v) is 6.48. The molecule has 1 aromatic carbocycles. The maximum absolute atomic E-state index is 6.21. The lowest BCUT2D eigenvalue weighted by atomic mass is 10.0. The van der Waals surface area contributed by atoms with Gasteiger partial charge in [-0.2, -0.15) is 4.37 Å². The minimum Gasteiger partial charge on any atom is -0.326 e. The topological polar surface area (TPSA) is 51.8 Å². The first-order valence-electron chi connectivity index (χ1n) is 5.65. The standard InChI is InChI=1S/C12H14ClN3S2/c1-2-10(14)11(17-12-15-7-16-18-12)8-4-3-5-9(13)6-8/h3-7,10-11H,2,14H2,1H3. The van der Waals surface area contributed by atoms with E-state index in [9.17, 15) is 0 Å². The van der Waals surface area contributed by atoms with Gasteiger partial charge >= 0.3 is 0 Å². The molecule has 18 heavy (non-hydrogen) atoms. The van der Waals surface area contributed by atoms with E-state index < -0.39 is 0 Å². The van der Waals surface area contributed by atoms with E-state index in [4.69, 9.17) is 17.3 Å². The molecular weight excluding hydrogens is 286 g/mol. The summed E-state index contributed by atoms with van der Waals surface area (Å²) in [5.74, 6) is 0. The fourth-order valence-electron chi connectivity index (χ4n) is 1.62. The van der Waals surface area contributed by atoms with Gasteiger partial charge < -0.3 is 5.73 Å². The summed E-state index contributed by atoms with van der Waals surface area (Å²) in [4.78, 5) is 4.20. The summed E-state index contributed by atoms with van der Waals surface area (Å²) in [6, 6.07) is 7.91. The molecule has 96 valence electrons. The van der Waals surface area contributed by atoms with Gasteiger partial charge in [0.25, 0.3) is 0 Å². The molecule has 2 unspecified atom stereocenters. The van der Waals surface area contributed by atoms with Crippen molar-refractivity contribution in [2.24, 2.45) is 5.73 Å². The molecule has 0 saturated carbocycles. The summed E-state index contributed by atoms with van der Waals surface area (Å²) in [6.45, 7) is 2.09. The van der Waals surface area contributed by atoms with E-state index in [-0.39, 0.29) is 11.3 Å². The van der Waals surface area contributed by atoms with E-state index in [1.54, 1.807) is 18.1 Å². The summed E-state index contributed by atoms with van der Waals surface area (Å²) in [5, 5.41) is 0.889. The SMILES string of the molecule is CCC(N)C(Sc1ncns1)c1cccc(Cl)c1. The third-order valence-corrected chi connectivity index (χ3v) is 5.00. The molecule has 6 heteroatoms. The molecule has 2 N–H and O–H groups in total. The van der Waals surface area contributed by atoms with E-state index in [1.807, 2.05) is 18.2 Å². The van der Waals surface area contributed by atoms with Gasteiger partial charge in [-0.05, 0) is 35.6 Å². The van der Waals surface area contributed by atoms with Crippen LogP contribution in [0.4, 0.5) is 0 Å². The highest BCUT2D eigenvalue weighted by molar-refractivity contribution is 8.01. The van der Waals surface area contributed by atoms with E-state index in [0.29, 0.717) is 0 Å². The molecular formula is C12H14ClN3S2. The lowest BCUT2D eigenvalue weighted by Crippen LogP contribution is -2.25. The van der Waals surface area contributed by atoms with Crippen LogP contribution in [0.3, 0.4) is 0 Å². The monoisotopic (exact) mass is 299 g/mol. The van der Waals surface area contributed by atoms with Gasteiger partial charge in [0.05, 0.1) is 5.25 Å². The van der Waals surface area contributed by atoms with Gasteiger partial charge in [-0.25, -0.2) is 4.98 Å². The summed E-state index contributed by atoms with van der Waals surface area (Å²) in [6.07, 6.45) is 2.47. The molecule has 0 radical (unpaired) electrons. The summed E-state index contributed by atoms with van der Waals surface area (Å²) in [5.41, 5.74) is 7.34. The number of benzene rings is 1. The fraction of sp³-hybridized carbons (Fsp3) is 0.333. The van der Waals surface area contributed by atoms with Crippen LogP contribution in [0, 0.1) is 0 Å². The van der Waals surface area contributed by atoms with E-state index in [0.717, 1.165) is 21.3 Å². The van der Waals surface area contributed by atoms with Crippen molar-refractivity contribution in [3.63, 3.8) is 0 Å². The average molecular weight is 300 g/mol. The minimum atomic E-state index is 0.0670. The zero-order valence-electron chi connectivity index (χ0n) is 9.91.